The fourth-order valence-electron chi connectivity index (χ4n) is 2.70. The molecule has 2 amide bonds. The highest BCUT2D eigenvalue weighted by atomic mass is 16.5. The quantitative estimate of drug-likeness (QED) is 0.775. The first-order chi connectivity index (χ1) is 10.1. The third-order valence-electron chi connectivity index (χ3n) is 3.99. The maximum absolute atomic E-state index is 12.6. The molecule has 0 unspecified atom stereocenters. The minimum Gasteiger partial charge on any atom is -0.383 e. The Bertz CT molecular complexity index is 478. The van der Waals surface area contributed by atoms with Crippen LogP contribution >= 0.6 is 0 Å². The molecule has 0 saturated carbocycles. The van der Waals surface area contributed by atoms with E-state index in [1.165, 1.54) is 0 Å². The van der Waals surface area contributed by atoms with Gasteiger partial charge in [-0.15, -0.1) is 0 Å². The van der Waals surface area contributed by atoms with E-state index < -0.39 is 5.54 Å². The summed E-state index contributed by atoms with van der Waals surface area (Å²) in [6.07, 6.45) is 4.60. The molecule has 2 rings (SSSR count). The average molecular weight is 294 g/mol. The summed E-state index contributed by atoms with van der Waals surface area (Å²) in [6, 6.07) is 1.81. The third kappa shape index (κ3) is 3.24. The number of hydrogen-bond donors (Lipinski definition) is 1. The zero-order valence-electron chi connectivity index (χ0n) is 12.5. The van der Waals surface area contributed by atoms with Crippen molar-refractivity contribution in [2.75, 3.05) is 33.4 Å². The summed E-state index contributed by atoms with van der Waals surface area (Å²) >= 11 is 0. The average Bonchev–Trinajstić information content (AvgIpc) is 3.02. The lowest BCUT2D eigenvalue weighted by Crippen LogP contribution is -2.56. The predicted octanol–water partition coefficient (Wildman–Crippen LogP) is -0.0167. The molecule has 0 aromatic carbocycles. The maximum atomic E-state index is 12.6. The van der Waals surface area contributed by atoms with E-state index in [9.17, 15) is 9.59 Å². The van der Waals surface area contributed by atoms with Gasteiger partial charge in [0.25, 0.3) is 0 Å². The highest BCUT2D eigenvalue weighted by Crippen LogP contribution is 2.30. The van der Waals surface area contributed by atoms with Crippen LogP contribution in [0.4, 0.5) is 0 Å². The molecule has 0 aliphatic carbocycles. The lowest BCUT2D eigenvalue weighted by Gasteiger charge is -2.40. The monoisotopic (exact) mass is 294 g/mol. The molecule has 1 saturated heterocycles. The minimum absolute atomic E-state index is 0.0452. The molecule has 1 aromatic heterocycles. The Morgan fingerprint density at radius 1 is 1.38 bits per heavy atom. The van der Waals surface area contributed by atoms with Crippen LogP contribution in [0.2, 0.25) is 0 Å². The van der Waals surface area contributed by atoms with E-state index in [1.54, 1.807) is 36.0 Å². The minimum atomic E-state index is -0.719. The molecule has 2 heterocycles. The van der Waals surface area contributed by atoms with E-state index in [1.807, 2.05) is 6.07 Å². The van der Waals surface area contributed by atoms with E-state index in [0.29, 0.717) is 39.1 Å². The predicted molar refractivity (Wildman–Crippen MR) is 76.6 cm³/mol. The van der Waals surface area contributed by atoms with Crippen LogP contribution in [0.1, 0.15) is 19.8 Å². The summed E-state index contributed by atoms with van der Waals surface area (Å²) in [7, 11) is 1.60. The van der Waals surface area contributed by atoms with Crippen molar-refractivity contribution in [3.63, 3.8) is 0 Å². The molecular weight excluding hydrogens is 272 g/mol. The number of rotatable bonds is 5. The van der Waals surface area contributed by atoms with Crippen LogP contribution in [-0.4, -0.2) is 59.8 Å². The molecule has 116 valence electrons. The first kappa shape index (κ1) is 15.5. The number of aromatic nitrogens is 2. The molecule has 7 nitrogen and oxygen atoms in total. The van der Waals surface area contributed by atoms with Gasteiger partial charge in [-0.1, -0.05) is 0 Å². The number of likely N-dealkylation sites (tertiary alicyclic amines) is 1. The number of nitrogens with zero attached hydrogens (tertiary/aromatic N) is 3. The van der Waals surface area contributed by atoms with E-state index in [4.69, 9.17) is 4.74 Å². The van der Waals surface area contributed by atoms with Crippen molar-refractivity contribution in [3.05, 3.63) is 18.5 Å². The van der Waals surface area contributed by atoms with Crippen molar-refractivity contribution in [3.8, 4) is 0 Å². The smallest absolute Gasteiger partial charge is 0.248 e. The Balaban J connectivity index is 2.14. The molecule has 1 aliphatic heterocycles. The summed E-state index contributed by atoms with van der Waals surface area (Å²) < 4.78 is 6.68. The fourth-order valence-corrected chi connectivity index (χ4v) is 2.70. The van der Waals surface area contributed by atoms with Crippen molar-refractivity contribution in [2.24, 2.45) is 0 Å². The summed E-state index contributed by atoms with van der Waals surface area (Å²) in [5, 5.41) is 7.15. The normalized spacial score (nSPS) is 17.5. The number of amides is 2. The highest BCUT2D eigenvalue weighted by Gasteiger charge is 2.43. The molecule has 0 atom stereocenters. The van der Waals surface area contributed by atoms with Gasteiger partial charge >= 0.3 is 0 Å². The number of hydrogen-bond acceptors (Lipinski definition) is 4. The highest BCUT2D eigenvalue weighted by molar-refractivity contribution is 5.85. The third-order valence-corrected chi connectivity index (χ3v) is 3.99. The van der Waals surface area contributed by atoms with Gasteiger partial charge in [0, 0.05) is 46.1 Å². The van der Waals surface area contributed by atoms with Gasteiger partial charge in [-0.05, 0) is 18.9 Å². The molecule has 1 fully saturated rings. The topological polar surface area (TPSA) is 76.5 Å². The van der Waals surface area contributed by atoms with Gasteiger partial charge in [0.1, 0.15) is 5.54 Å². The number of nitrogens with one attached hydrogen (secondary N) is 1. The largest absolute Gasteiger partial charge is 0.383 e. The van der Waals surface area contributed by atoms with E-state index in [0.717, 1.165) is 0 Å². The Morgan fingerprint density at radius 3 is 2.62 bits per heavy atom. The summed E-state index contributed by atoms with van der Waals surface area (Å²) in [5.41, 5.74) is -0.719. The summed E-state index contributed by atoms with van der Waals surface area (Å²) in [4.78, 5) is 25.9. The second kappa shape index (κ2) is 6.71. The van der Waals surface area contributed by atoms with Gasteiger partial charge in [-0.3, -0.25) is 14.3 Å². The second-order valence-corrected chi connectivity index (χ2v) is 5.24. The van der Waals surface area contributed by atoms with Crippen LogP contribution in [0.3, 0.4) is 0 Å². The SMILES string of the molecule is COCCNC(=O)C1(n2cccn2)CCN(C(C)=O)CC1. The van der Waals surface area contributed by atoms with Crippen LogP contribution in [0.25, 0.3) is 0 Å². The molecule has 0 spiro atoms. The van der Waals surface area contributed by atoms with Crippen LogP contribution in [0.5, 0.6) is 0 Å². The lowest BCUT2D eigenvalue weighted by molar-refractivity contribution is -0.139. The van der Waals surface area contributed by atoms with E-state index >= 15 is 0 Å². The van der Waals surface area contributed by atoms with Crippen molar-refractivity contribution >= 4 is 11.8 Å². The van der Waals surface area contributed by atoms with Crippen LogP contribution in [0, 0.1) is 0 Å². The van der Waals surface area contributed by atoms with Crippen LogP contribution in [-0.2, 0) is 19.9 Å². The second-order valence-electron chi connectivity index (χ2n) is 5.24. The lowest BCUT2D eigenvalue weighted by atomic mass is 9.86. The molecule has 1 aliphatic rings. The van der Waals surface area contributed by atoms with Gasteiger partial charge in [0.05, 0.1) is 6.61 Å². The van der Waals surface area contributed by atoms with Gasteiger partial charge < -0.3 is 15.0 Å². The van der Waals surface area contributed by atoms with Gasteiger partial charge in [0.2, 0.25) is 11.8 Å². The molecule has 0 bridgehead atoms. The first-order valence-electron chi connectivity index (χ1n) is 7.13. The first-order valence-corrected chi connectivity index (χ1v) is 7.13. The number of carbonyl (C=O) groups excluding carboxylic acids is 2. The van der Waals surface area contributed by atoms with E-state index in [-0.39, 0.29) is 11.8 Å². The van der Waals surface area contributed by atoms with Gasteiger partial charge in [-0.2, -0.15) is 5.10 Å². The van der Waals surface area contributed by atoms with Crippen molar-refractivity contribution in [2.45, 2.75) is 25.3 Å². The Kier molecular flexibility index (Phi) is 4.95. The van der Waals surface area contributed by atoms with Crippen molar-refractivity contribution in [1.82, 2.24) is 20.0 Å². The van der Waals surface area contributed by atoms with Gasteiger partial charge in [0.15, 0.2) is 0 Å². The Labute approximate surface area is 124 Å². The molecule has 1 N–H and O–H groups in total. The zero-order chi connectivity index (χ0) is 15.3. The fraction of sp³-hybridized carbons (Fsp3) is 0.643. The van der Waals surface area contributed by atoms with Crippen molar-refractivity contribution in [1.29, 1.82) is 0 Å². The molecule has 1 aromatic rings. The number of methoxy groups -OCH3 is 1. The van der Waals surface area contributed by atoms with Crippen LogP contribution < -0.4 is 5.32 Å². The number of carbonyl (C=O) groups is 2. The van der Waals surface area contributed by atoms with E-state index in [2.05, 4.69) is 10.4 Å². The maximum Gasteiger partial charge on any atom is 0.248 e. The van der Waals surface area contributed by atoms with Gasteiger partial charge in [-0.25, -0.2) is 0 Å². The number of piperidine rings is 1. The molecule has 7 heteroatoms. The van der Waals surface area contributed by atoms with Crippen LogP contribution in [0.15, 0.2) is 18.5 Å². The molecule has 21 heavy (non-hydrogen) atoms. The zero-order valence-corrected chi connectivity index (χ0v) is 12.5. The summed E-state index contributed by atoms with van der Waals surface area (Å²) in [6.45, 7) is 3.62. The van der Waals surface area contributed by atoms with Crippen molar-refractivity contribution < 1.29 is 14.3 Å². The summed E-state index contributed by atoms with van der Waals surface area (Å²) in [5.74, 6) is -0.0182. The number of ether oxygens (including phenoxy) is 1. The Hall–Kier alpha value is -1.89. The molecule has 0 radical (unpaired) electrons. The standard InChI is InChI=1S/C14H22N4O3/c1-12(19)17-9-4-14(5-10-17,18-8-3-6-16-18)13(20)15-7-11-21-2/h3,6,8H,4-5,7,9-11H2,1-2H3,(H,15,20). The molecular formula is C14H22N4O3. The Morgan fingerprint density at radius 2 is 2.10 bits per heavy atom.